The monoisotopic (exact) mass is 428 g/mol. The number of rotatable bonds is 11. The van der Waals surface area contributed by atoms with E-state index in [9.17, 15) is 4.79 Å². The first-order valence-corrected chi connectivity index (χ1v) is 16.5. The molecule has 0 aromatic carbocycles. The Bertz CT molecular complexity index is 441. The molecule has 1 amide bonds. The van der Waals surface area contributed by atoms with E-state index in [1.54, 1.807) is 6.20 Å². The van der Waals surface area contributed by atoms with Gasteiger partial charge < -0.3 is 0 Å². The zero-order chi connectivity index (χ0) is 17.1. The summed E-state index contributed by atoms with van der Waals surface area (Å²) >= 11 is -2.46. The summed E-state index contributed by atoms with van der Waals surface area (Å²) < 4.78 is 10.4. The molecule has 1 aromatic rings. The zero-order valence-electron chi connectivity index (χ0n) is 14.9. The van der Waals surface area contributed by atoms with E-state index in [0.29, 0.717) is 5.75 Å². The van der Waals surface area contributed by atoms with Crippen molar-refractivity contribution < 1.29 is 9.53 Å². The molecule has 0 bridgehead atoms. The van der Waals surface area contributed by atoms with Crippen LogP contribution in [0.4, 0.5) is 4.79 Å². The summed E-state index contributed by atoms with van der Waals surface area (Å²) in [5.41, 5.74) is 5.07. The van der Waals surface area contributed by atoms with Gasteiger partial charge in [-0.15, -0.1) is 0 Å². The van der Waals surface area contributed by atoms with Crippen LogP contribution in [-0.2, 0) is 0 Å². The van der Waals surface area contributed by atoms with E-state index in [4.69, 9.17) is 15.5 Å². The van der Waals surface area contributed by atoms with Crippen LogP contribution in [0.2, 0.25) is 13.3 Å². The van der Waals surface area contributed by atoms with Crippen LogP contribution in [0.1, 0.15) is 59.3 Å². The summed E-state index contributed by atoms with van der Waals surface area (Å²) in [6.45, 7) is 6.81. The number of unbranched alkanes of at least 4 members (excludes halogenated alkanes) is 3. The van der Waals surface area contributed by atoms with E-state index in [0.717, 1.165) is 0 Å². The predicted molar refractivity (Wildman–Crippen MR) is 99.0 cm³/mol. The Balaban J connectivity index is 3.04. The number of amides is 1. The van der Waals surface area contributed by atoms with Crippen LogP contribution in [-0.4, -0.2) is 29.5 Å². The molecule has 1 aromatic heterocycles. The van der Waals surface area contributed by atoms with Crippen molar-refractivity contribution in [3.05, 3.63) is 18.3 Å². The minimum absolute atomic E-state index is 0.447. The molecule has 0 aliphatic carbocycles. The second-order valence-electron chi connectivity index (χ2n) is 6.39. The molecule has 0 aliphatic rings. The minimum atomic E-state index is -2.46. The number of hydrogen-bond acceptors (Lipinski definition) is 3. The standard InChI is InChI=1S/C6H5N2O2.3C4H9.Sn/c7-6(9)10-5-2-1-3-8-4-5;3*1-3-4-2;/h1-2,4H,(H2,7,9);3*1,3-4H2,2H3;. The van der Waals surface area contributed by atoms with Crippen molar-refractivity contribution in [3.63, 3.8) is 0 Å². The number of nitrogens with zero attached hydrogens (tertiary/aromatic N) is 1. The van der Waals surface area contributed by atoms with Gasteiger partial charge in [-0.1, -0.05) is 0 Å². The van der Waals surface area contributed by atoms with Crippen LogP contribution in [0.15, 0.2) is 18.3 Å². The van der Waals surface area contributed by atoms with Gasteiger partial charge in [0.2, 0.25) is 0 Å². The van der Waals surface area contributed by atoms with Crippen molar-refractivity contribution in [1.29, 1.82) is 0 Å². The van der Waals surface area contributed by atoms with Crippen LogP contribution < -0.4 is 14.2 Å². The summed E-state index contributed by atoms with van der Waals surface area (Å²) in [4.78, 5) is 15.6. The van der Waals surface area contributed by atoms with E-state index in [2.05, 4.69) is 26.8 Å². The fraction of sp³-hybridized carbons (Fsp3) is 0.667. The van der Waals surface area contributed by atoms with Crippen molar-refractivity contribution in [2.75, 3.05) is 0 Å². The van der Waals surface area contributed by atoms with Gasteiger partial charge in [0.15, 0.2) is 0 Å². The van der Waals surface area contributed by atoms with E-state index in [1.807, 2.05) is 6.07 Å². The molecule has 5 heteroatoms. The molecular weight excluding hydrogens is 395 g/mol. The van der Waals surface area contributed by atoms with Crippen molar-refractivity contribution >= 4 is 28.2 Å². The molecule has 0 unspecified atom stereocenters. The number of ether oxygens (including phenoxy) is 1. The molecule has 0 spiro atoms. The number of hydrogen-bond donors (Lipinski definition) is 1. The van der Waals surface area contributed by atoms with Gasteiger partial charge in [-0.05, 0) is 0 Å². The van der Waals surface area contributed by atoms with Gasteiger partial charge in [0.25, 0.3) is 0 Å². The van der Waals surface area contributed by atoms with E-state index < -0.39 is 24.5 Å². The Morgan fingerprint density at radius 1 is 1.04 bits per heavy atom. The Morgan fingerprint density at radius 3 is 1.91 bits per heavy atom. The number of carbonyl (C=O) groups is 1. The molecule has 0 atom stereocenters. The van der Waals surface area contributed by atoms with Crippen LogP contribution in [0, 0.1) is 0 Å². The fourth-order valence-electron chi connectivity index (χ4n) is 3.18. The van der Waals surface area contributed by atoms with Gasteiger partial charge in [-0.2, -0.15) is 0 Å². The molecule has 23 heavy (non-hydrogen) atoms. The Morgan fingerprint density at radius 2 is 1.57 bits per heavy atom. The van der Waals surface area contributed by atoms with Crippen molar-refractivity contribution in [2.24, 2.45) is 5.73 Å². The van der Waals surface area contributed by atoms with Gasteiger partial charge in [-0.3, -0.25) is 0 Å². The van der Waals surface area contributed by atoms with E-state index >= 15 is 0 Å². The Kier molecular flexibility index (Phi) is 9.60. The molecule has 4 nitrogen and oxygen atoms in total. The topological polar surface area (TPSA) is 65.2 Å². The molecule has 0 fully saturated rings. The first-order valence-electron chi connectivity index (χ1n) is 9.01. The number of primary amides is 1. The van der Waals surface area contributed by atoms with Crippen LogP contribution in [0.3, 0.4) is 0 Å². The number of carbonyl (C=O) groups excluding carboxylic acids is 1. The first kappa shape index (κ1) is 20.3. The van der Waals surface area contributed by atoms with Gasteiger partial charge in [-0.25, -0.2) is 0 Å². The molecule has 0 aliphatic heterocycles. The van der Waals surface area contributed by atoms with Gasteiger partial charge in [0.05, 0.1) is 0 Å². The second-order valence-corrected chi connectivity index (χ2v) is 19.4. The number of aromatic nitrogens is 1. The molecule has 2 N–H and O–H groups in total. The summed E-state index contributed by atoms with van der Waals surface area (Å²) in [5.74, 6) is 0.447. The fourth-order valence-corrected chi connectivity index (χ4v) is 18.5. The Labute approximate surface area is 145 Å². The van der Waals surface area contributed by atoms with Crippen LogP contribution >= 0.6 is 0 Å². The average molecular weight is 427 g/mol. The third-order valence-corrected chi connectivity index (χ3v) is 19.7. The Hall–Kier alpha value is -0.781. The SMILES string of the molecule is CCC[CH2][Sn]([CH2]CCC)([CH2]CCC)[c]1ccc(OC(N)=O)cn1. The van der Waals surface area contributed by atoms with Crippen molar-refractivity contribution in [1.82, 2.24) is 4.98 Å². The van der Waals surface area contributed by atoms with Crippen molar-refractivity contribution in [3.8, 4) is 5.75 Å². The van der Waals surface area contributed by atoms with Gasteiger partial charge in [0.1, 0.15) is 0 Å². The van der Waals surface area contributed by atoms with E-state index in [-0.39, 0.29) is 0 Å². The molecule has 0 radical (unpaired) electrons. The first-order chi connectivity index (χ1) is 11.1. The molecule has 1 rings (SSSR count). The summed E-state index contributed by atoms with van der Waals surface area (Å²) in [6, 6.07) is 3.97. The number of nitrogens with two attached hydrogens (primary N) is 1. The maximum atomic E-state index is 10.9. The van der Waals surface area contributed by atoms with Crippen LogP contribution in [0.25, 0.3) is 0 Å². The molecule has 1 heterocycles. The predicted octanol–water partition coefficient (Wildman–Crippen LogP) is 4.60. The molecule has 0 saturated carbocycles. The van der Waals surface area contributed by atoms with Crippen LogP contribution in [0.5, 0.6) is 5.75 Å². The quantitative estimate of drug-likeness (QED) is 0.526. The van der Waals surface area contributed by atoms with Crippen molar-refractivity contribution in [2.45, 2.75) is 72.6 Å². The third-order valence-electron chi connectivity index (χ3n) is 4.52. The maximum absolute atomic E-state index is 10.9. The summed E-state index contributed by atoms with van der Waals surface area (Å²) in [7, 11) is 0. The molecular formula is C18H32N2O2Sn. The number of pyridine rings is 1. The zero-order valence-corrected chi connectivity index (χ0v) is 17.8. The average Bonchev–Trinajstić information content (AvgIpc) is 2.55. The molecule has 0 saturated heterocycles. The second kappa shape index (κ2) is 10.9. The van der Waals surface area contributed by atoms with Gasteiger partial charge >= 0.3 is 145 Å². The third kappa shape index (κ3) is 6.69. The van der Waals surface area contributed by atoms with E-state index in [1.165, 1.54) is 55.5 Å². The normalized spacial score (nSPS) is 11.4. The summed E-state index contributed by atoms with van der Waals surface area (Å²) in [6.07, 6.45) is 8.58. The summed E-state index contributed by atoms with van der Waals surface area (Å²) in [5, 5.41) is 0. The molecule has 130 valence electrons. The van der Waals surface area contributed by atoms with Gasteiger partial charge in [0, 0.05) is 0 Å².